The van der Waals surface area contributed by atoms with Gasteiger partial charge in [0.1, 0.15) is 0 Å². The van der Waals surface area contributed by atoms with Gasteiger partial charge in [0.05, 0.1) is 4.92 Å². The molecule has 0 bridgehead atoms. The number of nitrogens with zero attached hydrogens (tertiary/aromatic N) is 1. The van der Waals surface area contributed by atoms with Crippen LogP contribution in [0.4, 0.5) is 5.69 Å². The molecule has 2 aromatic rings. The molecule has 0 aliphatic heterocycles. The molecule has 0 saturated carbocycles. The summed E-state index contributed by atoms with van der Waals surface area (Å²) in [6.45, 7) is 2.05. The van der Waals surface area contributed by atoms with Crippen LogP contribution in [0.5, 0.6) is 0 Å². The van der Waals surface area contributed by atoms with Gasteiger partial charge in [-0.15, -0.1) is 0 Å². The molecule has 0 amide bonds. The van der Waals surface area contributed by atoms with E-state index < -0.39 is 0 Å². The molecule has 1 unspecified atom stereocenters. The Morgan fingerprint density at radius 1 is 1.14 bits per heavy atom. The van der Waals surface area contributed by atoms with E-state index in [1.165, 1.54) is 11.1 Å². The number of nitrogens with two attached hydrogens (primary N) is 1. The van der Waals surface area contributed by atoms with Gasteiger partial charge in [0.25, 0.3) is 5.69 Å². The summed E-state index contributed by atoms with van der Waals surface area (Å²) in [6, 6.07) is 15.2. The van der Waals surface area contributed by atoms with E-state index in [4.69, 9.17) is 5.73 Å². The fraction of sp³-hybridized carbons (Fsp3) is 0.294. The molecular formula is C17H20N2O2. The monoisotopic (exact) mass is 284 g/mol. The van der Waals surface area contributed by atoms with Crippen LogP contribution in [-0.4, -0.2) is 11.0 Å². The van der Waals surface area contributed by atoms with Crippen LogP contribution in [-0.2, 0) is 12.8 Å². The molecular weight excluding hydrogens is 264 g/mol. The van der Waals surface area contributed by atoms with Crippen LogP contribution >= 0.6 is 0 Å². The Labute approximate surface area is 124 Å². The van der Waals surface area contributed by atoms with Gasteiger partial charge in [0, 0.05) is 17.7 Å². The van der Waals surface area contributed by atoms with E-state index in [-0.39, 0.29) is 16.7 Å². The van der Waals surface area contributed by atoms with E-state index in [9.17, 15) is 10.1 Å². The Balaban J connectivity index is 1.93. The lowest BCUT2D eigenvalue weighted by Gasteiger charge is -2.12. The summed E-state index contributed by atoms with van der Waals surface area (Å²) in [5.41, 5.74) is 9.51. The molecule has 2 aromatic carbocycles. The smallest absolute Gasteiger partial charge is 0.272 e. The summed E-state index contributed by atoms with van der Waals surface area (Å²) in [6.07, 6.45) is 2.16. The highest BCUT2D eigenvalue weighted by atomic mass is 16.6. The minimum atomic E-state index is -0.333. The zero-order chi connectivity index (χ0) is 15.2. The van der Waals surface area contributed by atoms with Crippen molar-refractivity contribution in [3.05, 3.63) is 75.3 Å². The lowest BCUT2D eigenvalue weighted by molar-refractivity contribution is -0.385. The lowest BCUT2D eigenvalue weighted by atomic mass is 9.98. The van der Waals surface area contributed by atoms with Gasteiger partial charge < -0.3 is 5.73 Å². The number of nitro groups is 1. The molecule has 2 N–H and O–H groups in total. The Kier molecular flexibility index (Phi) is 5.06. The molecule has 0 aliphatic rings. The molecule has 0 aliphatic carbocycles. The first-order valence-electron chi connectivity index (χ1n) is 7.09. The quantitative estimate of drug-likeness (QED) is 0.653. The van der Waals surface area contributed by atoms with Gasteiger partial charge in [0.2, 0.25) is 0 Å². The maximum Gasteiger partial charge on any atom is 0.272 e. The number of hydrogen-bond donors (Lipinski definition) is 1. The van der Waals surface area contributed by atoms with Crippen LogP contribution in [0.3, 0.4) is 0 Å². The molecule has 1 atom stereocenters. The Morgan fingerprint density at radius 2 is 1.81 bits per heavy atom. The average Bonchev–Trinajstić information content (AvgIpc) is 2.48. The molecule has 0 aromatic heterocycles. The molecule has 0 saturated heterocycles. The van der Waals surface area contributed by atoms with Crippen LogP contribution in [0, 0.1) is 17.0 Å². The van der Waals surface area contributed by atoms with Crippen LogP contribution in [0.2, 0.25) is 0 Å². The predicted octanol–water partition coefficient (Wildman–Crippen LogP) is 3.41. The highest BCUT2D eigenvalue weighted by Gasteiger charge is 2.13. The third kappa shape index (κ3) is 4.39. The van der Waals surface area contributed by atoms with Crippen LogP contribution in [0.1, 0.15) is 23.1 Å². The van der Waals surface area contributed by atoms with Crippen molar-refractivity contribution in [3.8, 4) is 0 Å². The number of rotatable bonds is 6. The van der Waals surface area contributed by atoms with Gasteiger partial charge in [-0.05, 0) is 31.7 Å². The summed E-state index contributed by atoms with van der Waals surface area (Å²) in [7, 11) is 0. The van der Waals surface area contributed by atoms with Gasteiger partial charge in [-0.1, -0.05) is 48.0 Å². The van der Waals surface area contributed by atoms with E-state index in [2.05, 4.69) is 31.2 Å². The highest BCUT2D eigenvalue weighted by Crippen LogP contribution is 2.20. The first-order valence-corrected chi connectivity index (χ1v) is 7.09. The number of para-hydroxylation sites is 1. The SMILES string of the molecule is Cc1ccc(CC(N)CCc2ccccc2[N+](=O)[O-])cc1. The molecule has 110 valence electrons. The normalized spacial score (nSPS) is 12.1. The fourth-order valence-corrected chi connectivity index (χ4v) is 2.37. The maximum absolute atomic E-state index is 11.0. The summed E-state index contributed by atoms with van der Waals surface area (Å²) in [5, 5.41) is 11.0. The Hall–Kier alpha value is -2.20. The van der Waals surface area contributed by atoms with E-state index in [0.29, 0.717) is 6.42 Å². The predicted molar refractivity (Wildman–Crippen MR) is 84.3 cm³/mol. The van der Waals surface area contributed by atoms with Gasteiger partial charge in [-0.3, -0.25) is 10.1 Å². The maximum atomic E-state index is 11.0. The lowest BCUT2D eigenvalue weighted by Crippen LogP contribution is -2.23. The zero-order valence-corrected chi connectivity index (χ0v) is 12.2. The molecule has 0 fully saturated rings. The van der Waals surface area contributed by atoms with Crippen molar-refractivity contribution in [3.63, 3.8) is 0 Å². The van der Waals surface area contributed by atoms with Crippen molar-refractivity contribution >= 4 is 5.69 Å². The summed E-state index contributed by atoms with van der Waals surface area (Å²) < 4.78 is 0. The van der Waals surface area contributed by atoms with Crippen molar-refractivity contribution < 1.29 is 4.92 Å². The Bertz CT molecular complexity index is 608. The van der Waals surface area contributed by atoms with E-state index in [1.54, 1.807) is 18.2 Å². The molecule has 21 heavy (non-hydrogen) atoms. The van der Waals surface area contributed by atoms with Crippen LogP contribution in [0.25, 0.3) is 0 Å². The van der Waals surface area contributed by atoms with E-state index >= 15 is 0 Å². The fourth-order valence-electron chi connectivity index (χ4n) is 2.37. The zero-order valence-electron chi connectivity index (χ0n) is 12.2. The number of aryl methyl sites for hydroxylation is 2. The first kappa shape index (κ1) is 15.2. The summed E-state index contributed by atoms with van der Waals surface area (Å²) in [4.78, 5) is 10.6. The van der Waals surface area contributed by atoms with E-state index in [0.717, 1.165) is 18.4 Å². The molecule has 0 spiro atoms. The third-order valence-corrected chi connectivity index (χ3v) is 3.59. The topological polar surface area (TPSA) is 69.2 Å². The van der Waals surface area contributed by atoms with Gasteiger partial charge >= 0.3 is 0 Å². The molecule has 0 radical (unpaired) electrons. The molecule has 4 nitrogen and oxygen atoms in total. The van der Waals surface area contributed by atoms with Crippen molar-refractivity contribution in [2.75, 3.05) is 0 Å². The third-order valence-electron chi connectivity index (χ3n) is 3.59. The summed E-state index contributed by atoms with van der Waals surface area (Å²) in [5.74, 6) is 0. The second-order valence-corrected chi connectivity index (χ2v) is 5.37. The van der Waals surface area contributed by atoms with Gasteiger partial charge in [0.15, 0.2) is 0 Å². The van der Waals surface area contributed by atoms with Crippen LogP contribution < -0.4 is 5.73 Å². The minimum Gasteiger partial charge on any atom is -0.327 e. The number of hydrogen-bond acceptors (Lipinski definition) is 3. The second-order valence-electron chi connectivity index (χ2n) is 5.37. The van der Waals surface area contributed by atoms with Gasteiger partial charge in [-0.2, -0.15) is 0 Å². The number of nitro benzene ring substituents is 1. The highest BCUT2D eigenvalue weighted by molar-refractivity contribution is 5.39. The van der Waals surface area contributed by atoms with E-state index in [1.807, 2.05) is 6.07 Å². The number of benzene rings is 2. The average molecular weight is 284 g/mol. The minimum absolute atomic E-state index is 0.00696. The summed E-state index contributed by atoms with van der Waals surface area (Å²) >= 11 is 0. The first-order chi connectivity index (χ1) is 10.1. The molecule has 2 rings (SSSR count). The van der Waals surface area contributed by atoms with Crippen molar-refractivity contribution in [1.82, 2.24) is 0 Å². The van der Waals surface area contributed by atoms with Crippen molar-refractivity contribution in [2.24, 2.45) is 5.73 Å². The molecule has 0 heterocycles. The molecule has 4 heteroatoms. The Morgan fingerprint density at radius 3 is 2.48 bits per heavy atom. The van der Waals surface area contributed by atoms with Crippen molar-refractivity contribution in [2.45, 2.75) is 32.2 Å². The van der Waals surface area contributed by atoms with Crippen molar-refractivity contribution in [1.29, 1.82) is 0 Å². The standard InChI is InChI=1S/C17H20N2O2/c1-13-6-8-14(9-7-13)12-16(18)11-10-15-4-2-3-5-17(15)19(20)21/h2-9,16H,10-12,18H2,1H3. The van der Waals surface area contributed by atoms with Crippen LogP contribution in [0.15, 0.2) is 48.5 Å². The largest absolute Gasteiger partial charge is 0.327 e. The second kappa shape index (κ2) is 6.99. The van der Waals surface area contributed by atoms with Gasteiger partial charge in [-0.25, -0.2) is 0 Å².